The maximum atomic E-state index is 12.8. The van der Waals surface area contributed by atoms with Gasteiger partial charge in [-0.25, -0.2) is 9.97 Å². The Morgan fingerprint density at radius 1 is 1.21 bits per heavy atom. The van der Waals surface area contributed by atoms with Crippen molar-refractivity contribution < 1.29 is 14.4 Å². The number of imide groups is 1. The summed E-state index contributed by atoms with van der Waals surface area (Å²) in [6, 6.07) is 4.34. The Kier molecular flexibility index (Phi) is 4.01. The molecule has 0 radical (unpaired) electrons. The van der Waals surface area contributed by atoms with Crippen molar-refractivity contribution in [2.75, 3.05) is 6.54 Å². The van der Waals surface area contributed by atoms with E-state index in [9.17, 15) is 14.4 Å². The number of benzene rings is 1. The number of hydrogen-bond acceptors (Lipinski definition) is 5. The summed E-state index contributed by atoms with van der Waals surface area (Å²) in [6.07, 6.45) is 0.00407. The van der Waals surface area contributed by atoms with Crippen LogP contribution in [0.4, 0.5) is 0 Å². The van der Waals surface area contributed by atoms with Crippen LogP contribution in [0, 0.1) is 13.8 Å². The van der Waals surface area contributed by atoms with Crippen LogP contribution >= 0.6 is 0 Å². The molecule has 1 aliphatic heterocycles. The van der Waals surface area contributed by atoms with Gasteiger partial charge < -0.3 is 4.90 Å². The molecule has 1 saturated heterocycles. The van der Waals surface area contributed by atoms with Gasteiger partial charge in [0.2, 0.25) is 11.8 Å². The first-order valence-electron chi connectivity index (χ1n) is 7.80. The summed E-state index contributed by atoms with van der Waals surface area (Å²) in [7, 11) is 0. The molecule has 1 fully saturated rings. The molecule has 0 unspecified atom stereocenters. The third kappa shape index (κ3) is 2.73. The Hall–Kier alpha value is -2.83. The second-order valence-electron chi connectivity index (χ2n) is 5.82. The van der Waals surface area contributed by atoms with E-state index in [2.05, 4.69) is 15.3 Å². The molecule has 3 rings (SSSR count). The summed E-state index contributed by atoms with van der Waals surface area (Å²) in [5, 5.41) is 2.24. The van der Waals surface area contributed by atoms with Crippen LogP contribution in [0.2, 0.25) is 0 Å². The van der Waals surface area contributed by atoms with E-state index < -0.39 is 11.9 Å². The van der Waals surface area contributed by atoms with Gasteiger partial charge >= 0.3 is 0 Å². The van der Waals surface area contributed by atoms with Crippen LogP contribution in [-0.2, 0) is 9.59 Å². The maximum Gasteiger partial charge on any atom is 0.254 e. The second kappa shape index (κ2) is 5.99. The normalized spacial score (nSPS) is 17.2. The van der Waals surface area contributed by atoms with Crippen molar-refractivity contribution in [1.82, 2.24) is 20.2 Å². The SMILES string of the molecule is CCN(C(=O)c1ccc2nc(C)c(C)nc2c1)[C@@H]1CC(=O)NC1=O. The smallest absolute Gasteiger partial charge is 0.254 e. The van der Waals surface area contributed by atoms with Gasteiger partial charge in [0.05, 0.1) is 28.8 Å². The van der Waals surface area contributed by atoms with E-state index in [1.807, 2.05) is 13.8 Å². The van der Waals surface area contributed by atoms with Crippen LogP contribution in [0.15, 0.2) is 18.2 Å². The Balaban J connectivity index is 1.96. The molecule has 0 spiro atoms. The molecular weight excluding hydrogens is 308 g/mol. The summed E-state index contributed by atoms with van der Waals surface area (Å²) >= 11 is 0. The second-order valence-corrected chi connectivity index (χ2v) is 5.82. The first-order chi connectivity index (χ1) is 11.4. The Bertz CT molecular complexity index is 862. The topological polar surface area (TPSA) is 92.3 Å². The summed E-state index contributed by atoms with van der Waals surface area (Å²) in [5.41, 5.74) is 3.42. The quantitative estimate of drug-likeness (QED) is 0.854. The van der Waals surface area contributed by atoms with Gasteiger partial charge in [0.1, 0.15) is 6.04 Å². The van der Waals surface area contributed by atoms with Gasteiger partial charge in [-0.2, -0.15) is 0 Å². The lowest BCUT2D eigenvalue weighted by Crippen LogP contribution is -2.44. The van der Waals surface area contributed by atoms with E-state index in [0.29, 0.717) is 23.1 Å². The molecule has 1 aromatic heterocycles. The van der Waals surface area contributed by atoms with E-state index in [1.165, 1.54) is 4.90 Å². The average Bonchev–Trinajstić information content (AvgIpc) is 2.87. The fraction of sp³-hybridized carbons (Fsp3) is 0.353. The Labute approximate surface area is 139 Å². The third-order valence-electron chi connectivity index (χ3n) is 4.24. The highest BCUT2D eigenvalue weighted by Crippen LogP contribution is 2.19. The van der Waals surface area contributed by atoms with Crippen molar-refractivity contribution in [1.29, 1.82) is 0 Å². The number of carbonyl (C=O) groups excluding carboxylic acids is 3. The van der Waals surface area contributed by atoms with Gasteiger partial charge in [0.15, 0.2) is 0 Å². The van der Waals surface area contributed by atoms with E-state index >= 15 is 0 Å². The van der Waals surface area contributed by atoms with Crippen LogP contribution in [-0.4, -0.2) is 45.2 Å². The number of nitrogens with one attached hydrogen (secondary N) is 1. The van der Waals surface area contributed by atoms with E-state index in [-0.39, 0.29) is 18.2 Å². The molecule has 7 heteroatoms. The highest BCUT2D eigenvalue weighted by atomic mass is 16.2. The lowest BCUT2D eigenvalue weighted by molar-refractivity contribution is -0.126. The van der Waals surface area contributed by atoms with Gasteiger partial charge in [0.25, 0.3) is 5.91 Å². The molecule has 1 atom stereocenters. The summed E-state index contributed by atoms with van der Waals surface area (Å²) < 4.78 is 0. The number of aromatic nitrogens is 2. The molecule has 124 valence electrons. The largest absolute Gasteiger partial charge is 0.326 e. The fourth-order valence-electron chi connectivity index (χ4n) is 2.83. The van der Waals surface area contributed by atoms with Crippen LogP contribution < -0.4 is 5.32 Å². The molecule has 0 bridgehead atoms. The number of rotatable bonds is 3. The lowest BCUT2D eigenvalue weighted by Gasteiger charge is -2.25. The van der Waals surface area contributed by atoms with Gasteiger partial charge in [-0.15, -0.1) is 0 Å². The molecule has 0 aliphatic carbocycles. The Morgan fingerprint density at radius 2 is 1.88 bits per heavy atom. The number of carbonyl (C=O) groups is 3. The van der Waals surface area contributed by atoms with Crippen molar-refractivity contribution in [3.05, 3.63) is 35.2 Å². The molecule has 2 heterocycles. The van der Waals surface area contributed by atoms with Gasteiger partial charge in [-0.3, -0.25) is 19.7 Å². The molecule has 24 heavy (non-hydrogen) atoms. The van der Waals surface area contributed by atoms with Crippen molar-refractivity contribution in [3.8, 4) is 0 Å². The van der Waals surface area contributed by atoms with Gasteiger partial charge in [-0.1, -0.05) is 0 Å². The van der Waals surface area contributed by atoms with Crippen LogP contribution in [0.1, 0.15) is 35.1 Å². The standard InChI is InChI=1S/C17H18N4O3/c1-4-21(14-8-15(22)20-16(14)23)17(24)11-5-6-12-13(7-11)19-10(3)9(2)18-12/h5-7,14H,4,8H2,1-3H3,(H,20,22,23)/t14-/m1/s1. The van der Waals surface area contributed by atoms with Crippen LogP contribution in [0.5, 0.6) is 0 Å². The van der Waals surface area contributed by atoms with Crippen molar-refractivity contribution in [2.24, 2.45) is 0 Å². The highest BCUT2D eigenvalue weighted by Gasteiger charge is 2.37. The van der Waals surface area contributed by atoms with Crippen LogP contribution in [0.25, 0.3) is 11.0 Å². The number of nitrogens with zero attached hydrogens (tertiary/aromatic N) is 3. The van der Waals surface area contributed by atoms with Crippen LogP contribution in [0.3, 0.4) is 0 Å². The van der Waals surface area contributed by atoms with E-state index in [0.717, 1.165) is 11.4 Å². The predicted octanol–water partition coefficient (Wildman–Crippen LogP) is 1.12. The van der Waals surface area contributed by atoms with Gasteiger partial charge in [-0.05, 0) is 39.0 Å². The molecule has 2 aromatic rings. The third-order valence-corrected chi connectivity index (χ3v) is 4.24. The number of likely N-dealkylation sites (N-methyl/N-ethyl adjacent to an activating group) is 1. The number of fused-ring (bicyclic) bond motifs is 1. The summed E-state index contributed by atoms with van der Waals surface area (Å²) in [6.45, 7) is 5.86. The minimum absolute atomic E-state index is 0.00407. The molecule has 0 saturated carbocycles. The van der Waals surface area contributed by atoms with E-state index in [1.54, 1.807) is 25.1 Å². The molecular formula is C17H18N4O3. The number of aryl methyl sites for hydroxylation is 2. The van der Waals surface area contributed by atoms with Crippen molar-refractivity contribution in [2.45, 2.75) is 33.2 Å². The lowest BCUT2D eigenvalue weighted by atomic mass is 10.1. The number of amides is 3. The zero-order valence-electron chi connectivity index (χ0n) is 13.8. The van der Waals surface area contributed by atoms with E-state index in [4.69, 9.17) is 0 Å². The fourth-order valence-corrected chi connectivity index (χ4v) is 2.83. The van der Waals surface area contributed by atoms with Gasteiger partial charge in [0, 0.05) is 12.1 Å². The monoisotopic (exact) mass is 326 g/mol. The predicted molar refractivity (Wildman–Crippen MR) is 87.3 cm³/mol. The summed E-state index contributed by atoms with van der Waals surface area (Å²) in [4.78, 5) is 46.4. The minimum Gasteiger partial charge on any atom is -0.326 e. The average molecular weight is 326 g/mol. The zero-order valence-corrected chi connectivity index (χ0v) is 13.8. The molecule has 1 N–H and O–H groups in total. The first-order valence-corrected chi connectivity index (χ1v) is 7.80. The van der Waals surface area contributed by atoms with Crippen molar-refractivity contribution in [3.63, 3.8) is 0 Å². The Morgan fingerprint density at radius 3 is 2.46 bits per heavy atom. The first kappa shape index (κ1) is 16.0. The highest BCUT2D eigenvalue weighted by molar-refractivity contribution is 6.08. The molecule has 1 aromatic carbocycles. The van der Waals surface area contributed by atoms with Crippen molar-refractivity contribution >= 4 is 28.8 Å². The minimum atomic E-state index is -0.753. The molecule has 3 amide bonds. The number of hydrogen-bond donors (Lipinski definition) is 1. The zero-order chi connectivity index (χ0) is 17.4. The molecule has 1 aliphatic rings. The maximum absolute atomic E-state index is 12.8. The molecule has 7 nitrogen and oxygen atoms in total. The summed E-state index contributed by atoms with van der Waals surface area (Å²) in [5.74, 6) is -1.08.